The summed E-state index contributed by atoms with van der Waals surface area (Å²) in [5.41, 5.74) is 2.47. The molecule has 172 valence electrons. The third-order valence-electron chi connectivity index (χ3n) is 4.18. The van der Waals surface area contributed by atoms with E-state index in [1.165, 1.54) is 7.05 Å². The first-order valence-electron chi connectivity index (χ1n) is 9.82. The maximum absolute atomic E-state index is 11.8. The van der Waals surface area contributed by atoms with Crippen LogP contribution in [0.3, 0.4) is 0 Å². The van der Waals surface area contributed by atoms with E-state index in [2.05, 4.69) is 20.3 Å². The smallest absolute Gasteiger partial charge is 0.215 e. The van der Waals surface area contributed by atoms with E-state index in [0.717, 1.165) is 22.4 Å². The zero-order chi connectivity index (χ0) is 22.2. The summed E-state index contributed by atoms with van der Waals surface area (Å²) < 4.78 is 31.9. The van der Waals surface area contributed by atoms with Gasteiger partial charge in [-0.25, -0.2) is 13.1 Å². The molecule has 2 rings (SSSR count). The van der Waals surface area contributed by atoms with Crippen molar-refractivity contribution >= 4 is 40.0 Å². The highest BCUT2D eigenvalue weighted by atomic mass is 127. The summed E-state index contributed by atoms with van der Waals surface area (Å²) in [7, 11) is -0.171. The first kappa shape index (κ1) is 27.2. The molecule has 2 aromatic rings. The van der Waals surface area contributed by atoms with Crippen LogP contribution in [0.25, 0.3) is 0 Å². The molecule has 0 aliphatic rings. The van der Waals surface area contributed by atoms with Gasteiger partial charge in [0.25, 0.3) is 0 Å². The van der Waals surface area contributed by atoms with Gasteiger partial charge in [0.1, 0.15) is 11.4 Å². The predicted octanol–water partition coefficient (Wildman–Crippen LogP) is 3.40. The van der Waals surface area contributed by atoms with Crippen LogP contribution in [0.4, 0.5) is 0 Å². The Kier molecular flexibility index (Phi) is 10.7. The van der Waals surface area contributed by atoms with Crippen molar-refractivity contribution in [1.82, 2.24) is 15.4 Å². The number of halogens is 1. The SMILES string of the molecule is CN=C(NCc1cccc(CS(=O)(=O)NC)c1)NCc1ccccc1OC(C)(C)C.I. The van der Waals surface area contributed by atoms with Crippen molar-refractivity contribution in [1.29, 1.82) is 0 Å². The Balaban J connectivity index is 0.00000480. The fourth-order valence-corrected chi connectivity index (χ4v) is 3.55. The lowest BCUT2D eigenvalue weighted by molar-refractivity contribution is 0.129. The number of guanidine groups is 1. The standard InChI is InChI=1S/C22H32N4O3S.HI/c1-22(2,3)29-20-12-7-6-11-19(20)15-26-21(23-4)25-14-17-9-8-10-18(13-17)16-30(27,28)24-5;/h6-13,24H,14-16H2,1-5H3,(H2,23,25,26);1H. The number of nitrogens with zero attached hydrogens (tertiary/aromatic N) is 1. The van der Waals surface area contributed by atoms with Crippen molar-refractivity contribution in [2.75, 3.05) is 14.1 Å². The molecule has 0 aromatic heterocycles. The van der Waals surface area contributed by atoms with Gasteiger partial charge >= 0.3 is 0 Å². The summed E-state index contributed by atoms with van der Waals surface area (Å²) in [5, 5.41) is 6.56. The highest BCUT2D eigenvalue weighted by Crippen LogP contribution is 2.22. The van der Waals surface area contributed by atoms with E-state index in [-0.39, 0.29) is 35.3 Å². The Labute approximate surface area is 203 Å². The van der Waals surface area contributed by atoms with Crippen molar-refractivity contribution in [2.24, 2.45) is 4.99 Å². The largest absolute Gasteiger partial charge is 0.488 e. The minimum atomic E-state index is -3.30. The second-order valence-electron chi connectivity index (χ2n) is 7.88. The lowest BCUT2D eigenvalue weighted by Gasteiger charge is -2.23. The molecule has 2 aromatic carbocycles. The predicted molar refractivity (Wildman–Crippen MR) is 137 cm³/mol. The van der Waals surface area contributed by atoms with Crippen LogP contribution in [0.5, 0.6) is 5.75 Å². The minimum Gasteiger partial charge on any atom is -0.488 e. The van der Waals surface area contributed by atoms with Gasteiger partial charge in [0, 0.05) is 25.7 Å². The lowest BCUT2D eigenvalue weighted by atomic mass is 10.1. The van der Waals surface area contributed by atoms with Crippen molar-refractivity contribution < 1.29 is 13.2 Å². The van der Waals surface area contributed by atoms with Crippen molar-refractivity contribution in [3.05, 3.63) is 65.2 Å². The minimum absolute atomic E-state index is 0. The molecule has 0 aliphatic heterocycles. The van der Waals surface area contributed by atoms with Crippen LogP contribution in [0.15, 0.2) is 53.5 Å². The van der Waals surface area contributed by atoms with E-state index in [4.69, 9.17) is 4.74 Å². The lowest BCUT2D eigenvalue weighted by Crippen LogP contribution is -2.36. The van der Waals surface area contributed by atoms with Gasteiger partial charge < -0.3 is 15.4 Å². The maximum Gasteiger partial charge on any atom is 0.215 e. The second-order valence-corrected chi connectivity index (χ2v) is 9.81. The molecule has 0 saturated carbocycles. The molecule has 9 heteroatoms. The molecule has 0 bridgehead atoms. The van der Waals surface area contributed by atoms with Crippen molar-refractivity contribution in [2.45, 2.75) is 45.2 Å². The van der Waals surface area contributed by atoms with Crippen molar-refractivity contribution in [3.8, 4) is 5.75 Å². The summed E-state index contributed by atoms with van der Waals surface area (Å²) in [6.45, 7) is 7.15. The molecule has 0 atom stereocenters. The van der Waals surface area contributed by atoms with E-state index in [1.807, 2.05) is 63.2 Å². The number of para-hydroxylation sites is 1. The number of benzene rings is 2. The van der Waals surface area contributed by atoms with Crippen LogP contribution in [0.1, 0.15) is 37.5 Å². The van der Waals surface area contributed by atoms with Crippen LogP contribution < -0.4 is 20.1 Å². The first-order valence-corrected chi connectivity index (χ1v) is 11.5. The van der Waals surface area contributed by atoms with Gasteiger partial charge in [-0.2, -0.15) is 0 Å². The van der Waals surface area contributed by atoms with Crippen LogP contribution in [0.2, 0.25) is 0 Å². The highest BCUT2D eigenvalue weighted by molar-refractivity contribution is 14.0. The topological polar surface area (TPSA) is 91.8 Å². The van der Waals surface area contributed by atoms with Gasteiger partial charge in [0.2, 0.25) is 10.0 Å². The van der Waals surface area contributed by atoms with E-state index < -0.39 is 10.0 Å². The average molecular weight is 561 g/mol. The molecule has 31 heavy (non-hydrogen) atoms. The third kappa shape index (κ3) is 9.88. The second kappa shape index (κ2) is 12.3. The van der Waals surface area contributed by atoms with Gasteiger partial charge in [-0.1, -0.05) is 42.5 Å². The maximum atomic E-state index is 11.8. The summed E-state index contributed by atoms with van der Waals surface area (Å²) in [6.07, 6.45) is 0. The Morgan fingerprint density at radius 3 is 2.29 bits per heavy atom. The van der Waals surface area contributed by atoms with Crippen LogP contribution >= 0.6 is 24.0 Å². The molecule has 0 unspecified atom stereocenters. The number of rotatable bonds is 8. The Morgan fingerprint density at radius 1 is 1.00 bits per heavy atom. The zero-order valence-electron chi connectivity index (χ0n) is 18.7. The highest BCUT2D eigenvalue weighted by Gasteiger charge is 2.14. The summed E-state index contributed by atoms with van der Waals surface area (Å²) in [4.78, 5) is 4.27. The van der Waals surface area contributed by atoms with Gasteiger partial charge in [0.15, 0.2) is 5.96 Å². The molecule has 0 radical (unpaired) electrons. The first-order chi connectivity index (χ1) is 14.1. The monoisotopic (exact) mass is 560 g/mol. The molecule has 0 saturated heterocycles. The Hall–Kier alpha value is -1.85. The van der Waals surface area contributed by atoms with Gasteiger partial charge in [-0.3, -0.25) is 4.99 Å². The molecule has 0 spiro atoms. The van der Waals surface area contributed by atoms with Crippen LogP contribution in [0, 0.1) is 0 Å². The number of ether oxygens (including phenoxy) is 1. The van der Waals surface area contributed by atoms with Gasteiger partial charge in [0.05, 0.1) is 5.75 Å². The number of aliphatic imine (C=N–C) groups is 1. The van der Waals surface area contributed by atoms with Gasteiger partial charge in [-0.05, 0) is 45.0 Å². The molecule has 0 aliphatic carbocycles. The molecule has 0 heterocycles. The number of sulfonamides is 1. The molecular weight excluding hydrogens is 527 g/mol. The average Bonchev–Trinajstić information content (AvgIpc) is 2.68. The molecule has 7 nitrogen and oxygen atoms in total. The summed E-state index contributed by atoms with van der Waals surface area (Å²) in [5.74, 6) is 1.44. The number of hydrogen-bond donors (Lipinski definition) is 3. The summed E-state index contributed by atoms with van der Waals surface area (Å²) in [6, 6.07) is 15.4. The molecular formula is C22H33IN4O3S. The van der Waals surface area contributed by atoms with E-state index in [9.17, 15) is 8.42 Å². The van der Waals surface area contributed by atoms with Crippen molar-refractivity contribution in [3.63, 3.8) is 0 Å². The zero-order valence-corrected chi connectivity index (χ0v) is 21.9. The molecule has 0 amide bonds. The Morgan fingerprint density at radius 2 is 1.65 bits per heavy atom. The number of nitrogens with one attached hydrogen (secondary N) is 3. The quantitative estimate of drug-likeness (QED) is 0.262. The fourth-order valence-electron chi connectivity index (χ4n) is 2.79. The third-order valence-corrected chi connectivity index (χ3v) is 5.51. The molecule has 0 fully saturated rings. The normalized spacial score (nSPS) is 12.1. The van der Waals surface area contributed by atoms with E-state index >= 15 is 0 Å². The van der Waals surface area contributed by atoms with Gasteiger partial charge in [-0.15, -0.1) is 24.0 Å². The van der Waals surface area contributed by atoms with Crippen LogP contribution in [-0.4, -0.2) is 34.1 Å². The van der Waals surface area contributed by atoms with Crippen LogP contribution in [-0.2, 0) is 28.9 Å². The fraction of sp³-hybridized carbons (Fsp3) is 0.409. The van der Waals surface area contributed by atoms with E-state index in [1.54, 1.807) is 13.1 Å². The summed E-state index contributed by atoms with van der Waals surface area (Å²) >= 11 is 0. The number of hydrogen-bond acceptors (Lipinski definition) is 4. The molecule has 3 N–H and O–H groups in total. The Bertz CT molecular complexity index is 973. The van der Waals surface area contributed by atoms with E-state index in [0.29, 0.717) is 19.0 Å².